The Morgan fingerprint density at radius 3 is 2.61 bits per heavy atom. The second-order valence-electron chi connectivity index (χ2n) is 5.84. The summed E-state index contributed by atoms with van der Waals surface area (Å²) in [7, 11) is 1.90. The fraction of sp³-hybridized carbons (Fsp3) is 0.111. The summed E-state index contributed by atoms with van der Waals surface area (Å²) in [6.07, 6.45) is 1.66. The molecule has 3 heterocycles. The van der Waals surface area contributed by atoms with Gasteiger partial charge in [-0.15, -0.1) is 32.9 Å². The number of anilines is 1. The zero-order chi connectivity index (χ0) is 19.7. The molecule has 142 valence electrons. The molecule has 0 saturated carbocycles. The lowest BCUT2D eigenvalue weighted by Crippen LogP contribution is -2.11. The maximum atomic E-state index is 12.7. The molecule has 0 atom stereocenters. The predicted molar refractivity (Wildman–Crippen MR) is 115 cm³/mol. The van der Waals surface area contributed by atoms with E-state index < -0.39 is 0 Å². The van der Waals surface area contributed by atoms with E-state index in [1.54, 1.807) is 6.33 Å². The van der Waals surface area contributed by atoms with E-state index in [1.165, 1.54) is 34.4 Å². The minimum absolute atomic E-state index is 0.169. The van der Waals surface area contributed by atoms with Crippen LogP contribution in [0.15, 0.2) is 52.8 Å². The molecule has 0 aliphatic heterocycles. The molecule has 28 heavy (non-hydrogen) atoms. The molecular weight excluding hydrogens is 434 g/mol. The number of nitrogens with one attached hydrogen (secondary N) is 1. The highest BCUT2D eigenvalue weighted by molar-refractivity contribution is 7.99. The SMILES string of the molecule is Cc1nc(-c2ccc(Cl)s2)sc1C(=O)Nc1ccc(Sc2nncn2C)cc1. The molecule has 1 N–H and O–H groups in total. The summed E-state index contributed by atoms with van der Waals surface area (Å²) in [4.78, 5) is 19.8. The highest BCUT2D eigenvalue weighted by atomic mass is 35.5. The number of hydrogen-bond acceptors (Lipinski definition) is 7. The number of carbonyl (C=O) groups is 1. The molecule has 0 spiro atoms. The van der Waals surface area contributed by atoms with E-state index in [0.717, 1.165) is 25.6 Å². The van der Waals surface area contributed by atoms with E-state index >= 15 is 0 Å². The summed E-state index contributed by atoms with van der Waals surface area (Å²) < 4.78 is 2.55. The second-order valence-corrected chi connectivity index (χ2v) is 9.60. The van der Waals surface area contributed by atoms with Gasteiger partial charge >= 0.3 is 0 Å². The summed E-state index contributed by atoms with van der Waals surface area (Å²) in [6, 6.07) is 11.4. The Balaban J connectivity index is 1.46. The Morgan fingerprint density at radius 2 is 1.96 bits per heavy atom. The van der Waals surface area contributed by atoms with Gasteiger partial charge in [-0.3, -0.25) is 4.79 Å². The van der Waals surface area contributed by atoms with Crippen molar-refractivity contribution >= 4 is 57.6 Å². The van der Waals surface area contributed by atoms with Crippen LogP contribution in [0.2, 0.25) is 4.34 Å². The molecule has 0 radical (unpaired) electrons. The molecule has 0 saturated heterocycles. The van der Waals surface area contributed by atoms with E-state index in [1.807, 2.05) is 54.9 Å². The lowest BCUT2D eigenvalue weighted by molar-refractivity contribution is 0.103. The van der Waals surface area contributed by atoms with Crippen LogP contribution < -0.4 is 5.32 Å². The number of hydrogen-bond donors (Lipinski definition) is 1. The van der Waals surface area contributed by atoms with Crippen LogP contribution in [0.1, 0.15) is 15.4 Å². The third-order valence-corrected chi connectivity index (χ3v) is 7.39. The van der Waals surface area contributed by atoms with Gasteiger partial charge < -0.3 is 9.88 Å². The minimum Gasteiger partial charge on any atom is -0.321 e. The largest absolute Gasteiger partial charge is 0.321 e. The zero-order valence-corrected chi connectivity index (χ0v) is 18.0. The van der Waals surface area contributed by atoms with Crippen molar-refractivity contribution in [3.05, 3.63) is 57.6 Å². The maximum absolute atomic E-state index is 12.7. The van der Waals surface area contributed by atoms with Gasteiger partial charge in [0.2, 0.25) is 0 Å². The molecule has 0 fully saturated rings. The Hall–Kier alpha value is -2.20. The Bertz CT molecular complexity index is 1130. The number of halogens is 1. The number of thiophene rings is 1. The van der Waals surface area contributed by atoms with Crippen molar-refractivity contribution in [1.82, 2.24) is 19.7 Å². The van der Waals surface area contributed by atoms with Crippen LogP contribution in [0, 0.1) is 6.92 Å². The molecule has 1 aromatic carbocycles. The van der Waals surface area contributed by atoms with E-state index in [9.17, 15) is 4.79 Å². The maximum Gasteiger partial charge on any atom is 0.267 e. The van der Waals surface area contributed by atoms with Crippen LogP contribution >= 0.6 is 46.0 Å². The van der Waals surface area contributed by atoms with Crippen molar-refractivity contribution in [1.29, 1.82) is 0 Å². The van der Waals surface area contributed by atoms with Crippen molar-refractivity contribution in [3.63, 3.8) is 0 Å². The number of rotatable bonds is 5. The summed E-state index contributed by atoms with van der Waals surface area (Å²) >= 11 is 10.3. The van der Waals surface area contributed by atoms with Crippen LogP contribution in [0.3, 0.4) is 0 Å². The van der Waals surface area contributed by atoms with Crippen molar-refractivity contribution in [2.24, 2.45) is 7.05 Å². The van der Waals surface area contributed by atoms with Gasteiger partial charge in [0.1, 0.15) is 16.2 Å². The van der Waals surface area contributed by atoms with Gasteiger partial charge in [-0.25, -0.2) is 4.98 Å². The first-order valence-electron chi connectivity index (χ1n) is 8.16. The summed E-state index contributed by atoms with van der Waals surface area (Å²) in [6.45, 7) is 1.84. The highest BCUT2D eigenvalue weighted by Gasteiger charge is 2.17. The van der Waals surface area contributed by atoms with Crippen molar-refractivity contribution in [3.8, 4) is 9.88 Å². The average molecular weight is 448 g/mol. The van der Waals surface area contributed by atoms with Crippen molar-refractivity contribution in [2.75, 3.05) is 5.32 Å². The van der Waals surface area contributed by atoms with Gasteiger partial charge in [-0.1, -0.05) is 11.6 Å². The average Bonchev–Trinajstić information content (AvgIpc) is 3.38. The Kier molecular flexibility index (Phi) is 5.49. The molecule has 0 aliphatic carbocycles. The standard InChI is InChI=1S/C18H14ClN5OS3/c1-10-15(28-17(21-10)13-7-8-14(19)27-13)16(25)22-11-3-5-12(6-4-11)26-18-23-20-9-24(18)2/h3-9H,1-2H3,(H,22,25). The number of aryl methyl sites for hydroxylation is 2. The van der Waals surface area contributed by atoms with Gasteiger partial charge in [-0.2, -0.15) is 0 Å². The van der Waals surface area contributed by atoms with Crippen molar-refractivity contribution < 1.29 is 4.79 Å². The summed E-state index contributed by atoms with van der Waals surface area (Å²) in [5.41, 5.74) is 1.43. The number of carbonyl (C=O) groups excluding carboxylic acids is 1. The van der Waals surface area contributed by atoms with E-state index in [0.29, 0.717) is 14.9 Å². The van der Waals surface area contributed by atoms with Crippen LogP contribution in [0.25, 0.3) is 9.88 Å². The van der Waals surface area contributed by atoms with E-state index in [2.05, 4.69) is 20.5 Å². The molecule has 0 bridgehead atoms. The fourth-order valence-electron chi connectivity index (χ4n) is 2.41. The number of amides is 1. The van der Waals surface area contributed by atoms with E-state index in [4.69, 9.17) is 11.6 Å². The van der Waals surface area contributed by atoms with Crippen LogP contribution in [0.4, 0.5) is 5.69 Å². The smallest absolute Gasteiger partial charge is 0.267 e. The van der Waals surface area contributed by atoms with Crippen LogP contribution in [-0.2, 0) is 7.05 Å². The number of aromatic nitrogens is 4. The fourth-order valence-corrected chi connectivity index (χ4v) is 5.23. The lowest BCUT2D eigenvalue weighted by atomic mass is 10.3. The Labute approximate surface area is 178 Å². The van der Waals surface area contributed by atoms with Gasteiger partial charge in [0.15, 0.2) is 5.16 Å². The molecule has 10 heteroatoms. The van der Waals surface area contributed by atoms with Crippen LogP contribution in [-0.4, -0.2) is 25.7 Å². The quantitative estimate of drug-likeness (QED) is 0.445. The number of thiazole rings is 1. The first-order chi connectivity index (χ1) is 13.5. The monoisotopic (exact) mass is 447 g/mol. The predicted octanol–water partition coefficient (Wildman–Crippen LogP) is 5.37. The molecule has 6 nitrogen and oxygen atoms in total. The second kappa shape index (κ2) is 8.04. The van der Waals surface area contributed by atoms with Gasteiger partial charge in [0.25, 0.3) is 5.91 Å². The molecule has 0 unspecified atom stereocenters. The molecule has 1 amide bonds. The first-order valence-corrected chi connectivity index (χ1v) is 11.0. The highest BCUT2D eigenvalue weighted by Crippen LogP contribution is 2.35. The van der Waals surface area contributed by atoms with Crippen LogP contribution in [0.5, 0.6) is 0 Å². The third-order valence-electron chi connectivity index (χ3n) is 3.78. The topological polar surface area (TPSA) is 72.7 Å². The first kappa shape index (κ1) is 19.1. The van der Waals surface area contributed by atoms with Gasteiger partial charge in [0, 0.05) is 17.6 Å². The third kappa shape index (κ3) is 4.12. The van der Waals surface area contributed by atoms with E-state index in [-0.39, 0.29) is 5.91 Å². The number of benzene rings is 1. The molecule has 4 aromatic rings. The minimum atomic E-state index is -0.169. The summed E-state index contributed by atoms with van der Waals surface area (Å²) in [5.74, 6) is -0.169. The summed E-state index contributed by atoms with van der Waals surface area (Å²) in [5, 5.41) is 12.5. The number of nitrogens with zero attached hydrogens (tertiary/aromatic N) is 4. The zero-order valence-electron chi connectivity index (χ0n) is 14.8. The van der Waals surface area contributed by atoms with Crippen molar-refractivity contribution in [2.45, 2.75) is 17.0 Å². The molecular formula is C18H14ClN5OS3. The molecule has 4 rings (SSSR count). The molecule has 0 aliphatic rings. The Morgan fingerprint density at radius 1 is 1.18 bits per heavy atom. The lowest BCUT2D eigenvalue weighted by Gasteiger charge is -2.05. The van der Waals surface area contributed by atoms with Gasteiger partial charge in [-0.05, 0) is 55.1 Å². The molecule has 3 aromatic heterocycles. The normalized spacial score (nSPS) is 11.0. The van der Waals surface area contributed by atoms with Gasteiger partial charge in [0.05, 0.1) is 14.9 Å².